The van der Waals surface area contributed by atoms with Crippen LogP contribution in [0, 0.1) is 0 Å². The first-order valence-electron chi connectivity index (χ1n) is 9.63. The zero-order chi connectivity index (χ0) is 20.0. The SMILES string of the molecule is CC(C)n1ncc2c(C(=O)Nc3cccc(-n4cnnn4)c3)cc(C3CC3)nc21. The molecule has 0 aliphatic heterocycles. The minimum Gasteiger partial charge on any atom is -0.322 e. The van der Waals surface area contributed by atoms with Crippen LogP contribution in [0.15, 0.2) is 42.9 Å². The number of anilines is 1. The summed E-state index contributed by atoms with van der Waals surface area (Å²) in [4.78, 5) is 18.0. The summed E-state index contributed by atoms with van der Waals surface area (Å²) in [6.45, 7) is 4.12. The number of rotatable bonds is 5. The Morgan fingerprint density at radius 2 is 2.10 bits per heavy atom. The molecule has 1 fully saturated rings. The number of carbonyl (C=O) groups is 1. The second kappa shape index (κ2) is 6.77. The Morgan fingerprint density at radius 1 is 1.24 bits per heavy atom. The van der Waals surface area contributed by atoms with Crippen molar-refractivity contribution in [1.29, 1.82) is 0 Å². The lowest BCUT2D eigenvalue weighted by atomic mass is 10.1. The van der Waals surface area contributed by atoms with E-state index in [0.29, 0.717) is 17.2 Å². The highest BCUT2D eigenvalue weighted by atomic mass is 16.1. The highest BCUT2D eigenvalue weighted by Crippen LogP contribution is 2.40. The maximum absolute atomic E-state index is 13.2. The number of hydrogen-bond donors (Lipinski definition) is 1. The quantitative estimate of drug-likeness (QED) is 0.563. The molecular formula is C20H20N8O. The van der Waals surface area contributed by atoms with Crippen molar-refractivity contribution < 1.29 is 4.79 Å². The number of fused-ring (bicyclic) bond motifs is 1. The molecule has 4 aromatic rings. The lowest BCUT2D eigenvalue weighted by Gasteiger charge is -2.11. The van der Waals surface area contributed by atoms with Gasteiger partial charge in [-0.1, -0.05) is 6.07 Å². The minimum absolute atomic E-state index is 0.165. The van der Waals surface area contributed by atoms with Crippen molar-refractivity contribution in [1.82, 2.24) is 35.0 Å². The Morgan fingerprint density at radius 3 is 2.83 bits per heavy atom. The van der Waals surface area contributed by atoms with Crippen molar-refractivity contribution in [2.24, 2.45) is 0 Å². The first kappa shape index (κ1) is 17.5. The maximum atomic E-state index is 13.2. The maximum Gasteiger partial charge on any atom is 0.256 e. The van der Waals surface area contributed by atoms with Gasteiger partial charge in [-0.05, 0) is 61.4 Å². The first-order chi connectivity index (χ1) is 14.1. The van der Waals surface area contributed by atoms with Gasteiger partial charge in [0, 0.05) is 23.3 Å². The predicted octanol–water partition coefficient (Wildman–Crippen LogP) is 3.12. The van der Waals surface area contributed by atoms with Crippen LogP contribution in [0.2, 0.25) is 0 Å². The number of nitrogens with zero attached hydrogens (tertiary/aromatic N) is 7. The molecule has 1 aliphatic rings. The van der Waals surface area contributed by atoms with E-state index >= 15 is 0 Å². The highest BCUT2D eigenvalue weighted by Gasteiger charge is 2.28. The summed E-state index contributed by atoms with van der Waals surface area (Å²) in [7, 11) is 0. The standard InChI is InChI=1S/C20H20N8O/c1-12(2)28-19-17(10-22-28)16(9-18(24-19)13-6-7-13)20(29)23-14-4-3-5-15(8-14)27-11-21-25-26-27/h3-5,8-13H,6-7H2,1-2H3,(H,23,29). The molecule has 29 heavy (non-hydrogen) atoms. The van der Waals surface area contributed by atoms with Crippen LogP contribution in [0.3, 0.4) is 0 Å². The van der Waals surface area contributed by atoms with Gasteiger partial charge in [0.2, 0.25) is 0 Å². The van der Waals surface area contributed by atoms with Crippen LogP contribution in [-0.4, -0.2) is 40.9 Å². The van der Waals surface area contributed by atoms with Crippen LogP contribution in [-0.2, 0) is 0 Å². The Balaban J connectivity index is 1.52. The van der Waals surface area contributed by atoms with Crippen molar-refractivity contribution >= 4 is 22.6 Å². The lowest BCUT2D eigenvalue weighted by Crippen LogP contribution is -2.14. The van der Waals surface area contributed by atoms with E-state index in [-0.39, 0.29) is 11.9 Å². The Hall–Kier alpha value is -3.62. The van der Waals surface area contributed by atoms with Gasteiger partial charge in [0.1, 0.15) is 6.33 Å². The lowest BCUT2D eigenvalue weighted by molar-refractivity contribution is 0.102. The number of carbonyl (C=O) groups excluding carboxylic acids is 1. The molecule has 0 unspecified atom stereocenters. The van der Waals surface area contributed by atoms with Gasteiger partial charge in [-0.3, -0.25) is 4.79 Å². The van der Waals surface area contributed by atoms with Gasteiger partial charge < -0.3 is 5.32 Å². The molecule has 3 aromatic heterocycles. The number of aromatic nitrogens is 7. The van der Waals surface area contributed by atoms with Gasteiger partial charge >= 0.3 is 0 Å². The molecule has 1 N–H and O–H groups in total. The molecule has 0 atom stereocenters. The predicted molar refractivity (Wildman–Crippen MR) is 107 cm³/mol. The third kappa shape index (κ3) is 3.24. The Labute approximate surface area is 166 Å². The molecule has 9 heteroatoms. The molecule has 1 aromatic carbocycles. The van der Waals surface area contributed by atoms with E-state index in [2.05, 4.69) is 39.8 Å². The van der Waals surface area contributed by atoms with Crippen molar-refractivity contribution in [2.45, 2.75) is 38.6 Å². The number of amides is 1. The minimum atomic E-state index is -0.184. The monoisotopic (exact) mass is 388 g/mol. The smallest absolute Gasteiger partial charge is 0.256 e. The zero-order valence-electron chi connectivity index (χ0n) is 16.1. The third-order valence-electron chi connectivity index (χ3n) is 5.03. The van der Waals surface area contributed by atoms with E-state index < -0.39 is 0 Å². The van der Waals surface area contributed by atoms with Crippen molar-refractivity contribution in [3.63, 3.8) is 0 Å². The average molecular weight is 388 g/mol. The summed E-state index contributed by atoms with van der Waals surface area (Å²) < 4.78 is 3.41. The van der Waals surface area contributed by atoms with E-state index in [9.17, 15) is 4.79 Å². The molecule has 0 saturated heterocycles. The topological polar surface area (TPSA) is 103 Å². The van der Waals surface area contributed by atoms with Gasteiger partial charge in [0.05, 0.1) is 22.8 Å². The highest BCUT2D eigenvalue weighted by molar-refractivity contribution is 6.12. The molecule has 3 heterocycles. The summed E-state index contributed by atoms with van der Waals surface area (Å²) in [5, 5.41) is 19.4. The Kier molecular flexibility index (Phi) is 4.08. The number of hydrogen-bond acceptors (Lipinski definition) is 6. The molecular weight excluding hydrogens is 368 g/mol. The van der Waals surface area contributed by atoms with Gasteiger partial charge in [-0.2, -0.15) is 5.10 Å². The fraction of sp³-hybridized carbons (Fsp3) is 0.300. The van der Waals surface area contributed by atoms with Gasteiger partial charge in [-0.25, -0.2) is 14.3 Å². The largest absolute Gasteiger partial charge is 0.322 e. The number of benzene rings is 1. The third-order valence-corrected chi connectivity index (χ3v) is 5.03. The normalized spacial score (nSPS) is 13.9. The molecule has 0 radical (unpaired) electrons. The fourth-order valence-corrected chi connectivity index (χ4v) is 3.40. The summed E-state index contributed by atoms with van der Waals surface area (Å²) in [5.74, 6) is 0.251. The van der Waals surface area contributed by atoms with Gasteiger partial charge in [-0.15, -0.1) is 5.10 Å². The molecule has 5 rings (SSSR count). The second-order valence-electron chi connectivity index (χ2n) is 7.55. The van der Waals surface area contributed by atoms with Crippen molar-refractivity contribution in [3.05, 3.63) is 54.1 Å². The number of pyridine rings is 1. The van der Waals surface area contributed by atoms with Crippen LogP contribution in [0.4, 0.5) is 5.69 Å². The van der Waals surface area contributed by atoms with Crippen LogP contribution < -0.4 is 5.32 Å². The molecule has 0 spiro atoms. The van der Waals surface area contributed by atoms with Gasteiger partial charge in [0.15, 0.2) is 5.65 Å². The molecule has 0 bridgehead atoms. The first-order valence-corrected chi connectivity index (χ1v) is 9.63. The van der Waals surface area contributed by atoms with Crippen molar-refractivity contribution in [2.75, 3.05) is 5.32 Å². The summed E-state index contributed by atoms with van der Waals surface area (Å²) in [6.07, 6.45) is 5.47. The summed E-state index contributed by atoms with van der Waals surface area (Å²) in [5.41, 5.74) is 3.75. The average Bonchev–Trinajstić information content (AvgIpc) is 3.24. The van der Waals surface area contributed by atoms with Crippen LogP contribution >= 0.6 is 0 Å². The fourth-order valence-electron chi connectivity index (χ4n) is 3.40. The summed E-state index contributed by atoms with van der Waals surface area (Å²) >= 11 is 0. The van der Waals surface area contributed by atoms with E-state index in [1.807, 2.05) is 35.0 Å². The van der Waals surface area contributed by atoms with Crippen molar-refractivity contribution in [3.8, 4) is 5.69 Å². The zero-order valence-corrected chi connectivity index (χ0v) is 16.1. The van der Waals surface area contributed by atoms with Gasteiger partial charge in [0.25, 0.3) is 5.91 Å². The molecule has 146 valence electrons. The van der Waals surface area contributed by atoms with Crippen LogP contribution in [0.25, 0.3) is 16.7 Å². The molecule has 9 nitrogen and oxygen atoms in total. The molecule has 1 aliphatic carbocycles. The van der Waals surface area contributed by atoms with E-state index in [0.717, 1.165) is 35.3 Å². The van der Waals surface area contributed by atoms with E-state index in [1.54, 1.807) is 6.20 Å². The Bertz CT molecular complexity index is 1190. The number of nitrogens with one attached hydrogen (secondary N) is 1. The molecule has 1 amide bonds. The summed E-state index contributed by atoms with van der Waals surface area (Å²) in [6, 6.07) is 9.45. The second-order valence-corrected chi connectivity index (χ2v) is 7.55. The van der Waals surface area contributed by atoms with E-state index in [1.165, 1.54) is 11.0 Å². The molecule has 1 saturated carbocycles. The van der Waals surface area contributed by atoms with Crippen LogP contribution in [0.5, 0.6) is 0 Å². The number of tetrazole rings is 1. The van der Waals surface area contributed by atoms with E-state index in [4.69, 9.17) is 4.98 Å². The van der Waals surface area contributed by atoms with Crippen LogP contribution in [0.1, 0.15) is 54.7 Å².